The predicted octanol–water partition coefficient (Wildman–Crippen LogP) is -3.47. The van der Waals surface area contributed by atoms with Crippen molar-refractivity contribution in [3.63, 3.8) is 0 Å². The van der Waals surface area contributed by atoms with Gasteiger partial charge < -0.3 is 34.0 Å². The Morgan fingerprint density at radius 1 is 0.667 bits per heavy atom. The molecule has 0 aromatic rings. The maximum Gasteiger partial charge on any atom is 2.00 e. The molecule has 0 amide bonds. The monoisotopic (exact) mass is 472 g/mol. The van der Waals surface area contributed by atoms with Crippen molar-refractivity contribution in [2.24, 2.45) is 0 Å². The fourth-order valence-corrected chi connectivity index (χ4v) is 0. The van der Waals surface area contributed by atoms with Gasteiger partial charge in [0.25, 0.3) is 0 Å². The topological polar surface area (TPSA) is 0 Å². The first-order valence-corrected chi connectivity index (χ1v) is 11.0. The molecule has 0 N–H and O–H groups in total. The van der Waals surface area contributed by atoms with Crippen molar-refractivity contribution < 1.29 is 34.0 Å². The third-order valence-corrected chi connectivity index (χ3v) is 2.25. The van der Waals surface area contributed by atoms with Crippen LogP contribution in [0.5, 0.6) is 0 Å². The van der Waals surface area contributed by atoms with Gasteiger partial charge in [-0.2, -0.15) is 0 Å². The van der Waals surface area contributed by atoms with Crippen LogP contribution in [0.4, 0.5) is 0 Å². The molecule has 0 unspecified atom stereocenters. The molecular formula is C10H18Br2Si2Sn. The molecule has 15 heavy (non-hydrogen) atoms. The second kappa shape index (κ2) is 13.4. The van der Waals surface area contributed by atoms with Crippen molar-refractivity contribution in [3.8, 4) is 11.1 Å². The zero-order valence-electron chi connectivity index (χ0n) is 10.3. The van der Waals surface area contributed by atoms with Gasteiger partial charge in [-0.05, 0) is 12.8 Å². The first-order valence-electron chi connectivity index (χ1n) is 4.00. The average molecular weight is 473 g/mol. The minimum absolute atomic E-state index is 0. The van der Waals surface area contributed by atoms with Gasteiger partial charge in [0.15, 0.2) is 0 Å². The maximum absolute atomic E-state index is 6.67. The largest absolute Gasteiger partial charge is 2.00 e. The fourth-order valence-electron chi connectivity index (χ4n) is 0. The summed E-state index contributed by atoms with van der Waals surface area (Å²) in [5, 5.41) is 0. The van der Waals surface area contributed by atoms with E-state index in [-0.39, 0.29) is 57.9 Å². The molecule has 0 aromatic carbocycles. The number of halogens is 2. The van der Waals surface area contributed by atoms with Crippen molar-refractivity contribution in [1.82, 2.24) is 0 Å². The minimum Gasteiger partial charge on any atom is -1.00 e. The van der Waals surface area contributed by atoms with Gasteiger partial charge >= 0.3 is 23.9 Å². The molecule has 0 aliphatic rings. The summed E-state index contributed by atoms with van der Waals surface area (Å²) in [6.45, 7) is 12.5. The summed E-state index contributed by atoms with van der Waals surface area (Å²) >= 11 is 0. The van der Waals surface area contributed by atoms with Crippen molar-refractivity contribution in [2.75, 3.05) is 0 Å². The first-order chi connectivity index (χ1) is 5.12. The van der Waals surface area contributed by atoms with Crippen LogP contribution in [0.2, 0.25) is 39.3 Å². The normalized spacial score (nSPS) is 8.27. The molecule has 0 rings (SSSR count). The van der Waals surface area contributed by atoms with E-state index in [0.717, 1.165) is 0 Å². The quantitative estimate of drug-likeness (QED) is 0.254. The molecule has 5 heteroatoms. The zero-order chi connectivity index (χ0) is 10.4. The van der Waals surface area contributed by atoms with E-state index in [9.17, 15) is 0 Å². The van der Waals surface area contributed by atoms with E-state index in [1.807, 2.05) is 0 Å². The Kier molecular flexibility index (Phi) is 26.7. The van der Waals surface area contributed by atoms with E-state index >= 15 is 0 Å². The van der Waals surface area contributed by atoms with Crippen molar-refractivity contribution >= 4 is 40.1 Å². The Hall–Kier alpha value is 1.31. The van der Waals surface area contributed by atoms with Gasteiger partial charge in [0.05, 0.1) is 0 Å². The molecule has 4 radical (unpaired) electrons. The summed E-state index contributed by atoms with van der Waals surface area (Å²) in [5.74, 6) is 0. The molecular weight excluding hydrogens is 455 g/mol. The predicted molar refractivity (Wildman–Crippen MR) is 66.7 cm³/mol. The summed E-state index contributed by atoms with van der Waals surface area (Å²) in [6.07, 6.45) is 13.3. The summed E-state index contributed by atoms with van der Waals surface area (Å²) in [5.41, 5.74) is 4.99. The average Bonchev–Trinajstić information content (AvgIpc) is 1.86. The SMILES string of the molecule is [Br-].[Br-].[C]#C[Si](C)(C)C.[C]#C[Si](C)(C)C.[Sn+2]. The Morgan fingerprint density at radius 2 is 0.733 bits per heavy atom. The molecule has 0 aliphatic heterocycles. The molecule has 84 valence electrons. The Balaban J connectivity index is -0.0000000370. The summed E-state index contributed by atoms with van der Waals surface area (Å²) in [4.78, 5) is 0. The molecule has 0 bridgehead atoms. The molecule has 0 nitrogen and oxygen atoms in total. The smallest absolute Gasteiger partial charge is 1.00 e. The summed E-state index contributed by atoms with van der Waals surface area (Å²) in [6, 6.07) is 0. The van der Waals surface area contributed by atoms with Crippen LogP contribution in [0.15, 0.2) is 0 Å². The van der Waals surface area contributed by atoms with Crippen molar-refractivity contribution in [1.29, 1.82) is 0 Å². The number of hydrogen-bond acceptors (Lipinski definition) is 0. The number of hydrogen-bond donors (Lipinski definition) is 0. The number of rotatable bonds is 0. The van der Waals surface area contributed by atoms with Crippen LogP contribution in [0.3, 0.4) is 0 Å². The molecule has 0 saturated heterocycles. The van der Waals surface area contributed by atoms with Crippen LogP contribution in [0.25, 0.3) is 0 Å². The van der Waals surface area contributed by atoms with Crippen LogP contribution in [0.1, 0.15) is 0 Å². The first kappa shape index (κ1) is 29.9. The van der Waals surface area contributed by atoms with Gasteiger partial charge in [0, 0.05) is 0 Å². The van der Waals surface area contributed by atoms with E-state index in [4.69, 9.17) is 12.8 Å². The molecule has 0 aliphatic carbocycles. The van der Waals surface area contributed by atoms with Gasteiger partial charge in [-0.15, -0.1) is 11.1 Å². The van der Waals surface area contributed by atoms with Crippen LogP contribution < -0.4 is 34.0 Å². The van der Waals surface area contributed by atoms with Gasteiger partial charge in [0.1, 0.15) is 16.1 Å². The van der Waals surface area contributed by atoms with E-state index in [1.54, 1.807) is 0 Å². The summed E-state index contributed by atoms with van der Waals surface area (Å²) in [7, 11) is -2.43. The van der Waals surface area contributed by atoms with Gasteiger partial charge in [0.2, 0.25) is 0 Å². The third-order valence-electron chi connectivity index (χ3n) is 0.750. The molecule has 0 spiro atoms. The van der Waals surface area contributed by atoms with Gasteiger partial charge in [-0.3, -0.25) is 0 Å². The van der Waals surface area contributed by atoms with Crippen molar-refractivity contribution in [2.45, 2.75) is 39.3 Å². The van der Waals surface area contributed by atoms with Crippen LogP contribution in [-0.2, 0) is 0 Å². The molecule has 0 saturated carbocycles. The van der Waals surface area contributed by atoms with Gasteiger partial charge in [-0.25, -0.2) is 0 Å². The standard InChI is InChI=1S/2C5H9Si.2BrH.Sn/c2*1-5-6(2,3)4;;;/h2*2-4H3;2*1H;/q;;;;+2/p-2. The van der Waals surface area contributed by atoms with E-state index in [2.05, 4.69) is 50.4 Å². The Morgan fingerprint density at radius 3 is 0.733 bits per heavy atom. The second-order valence-corrected chi connectivity index (χ2v) is 14.2. The summed E-state index contributed by atoms with van der Waals surface area (Å²) < 4.78 is 0. The zero-order valence-corrected chi connectivity index (χ0v) is 18.3. The minimum atomic E-state index is -1.21. The van der Waals surface area contributed by atoms with E-state index < -0.39 is 16.1 Å². The van der Waals surface area contributed by atoms with Crippen molar-refractivity contribution in [3.05, 3.63) is 12.8 Å². The van der Waals surface area contributed by atoms with Crippen LogP contribution in [-0.4, -0.2) is 40.1 Å². The third kappa shape index (κ3) is 50.7. The molecule has 0 fully saturated rings. The molecule has 0 heterocycles. The Labute approximate surface area is 136 Å². The van der Waals surface area contributed by atoms with Gasteiger partial charge in [-0.1, -0.05) is 39.3 Å². The molecule has 0 atom stereocenters. The fraction of sp³-hybridized carbons (Fsp3) is 0.600. The van der Waals surface area contributed by atoms with E-state index in [1.165, 1.54) is 0 Å². The molecule has 0 aromatic heterocycles. The van der Waals surface area contributed by atoms with Crippen LogP contribution >= 0.6 is 0 Å². The maximum atomic E-state index is 6.67. The van der Waals surface area contributed by atoms with Crippen LogP contribution in [0, 0.1) is 23.9 Å². The second-order valence-electron chi connectivity index (χ2n) is 4.75. The van der Waals surface area contributed by atoms with E-state index in [0.29, 0.717) is 0 Å². The Bertz CT molecular complexity index is 179.